The van der Waals surface area contributed by atoms with Crippen molar-refractivity contribution < 1.29 is 5.11 Å². The normalized spacial score (nSPS) is 13.3. The van der Waals surface area contributed by atoms with Crippen molar-refractivity contribution in [1.29, 1.82) is 0 Å². The van der Waals surface area contributed by atoms with Gasteiger partial charge in [-0.2, -0.15) is 16.9 Å². The number of hydrogen-bond donors (Lipinski definition) is 1. The van der Waals surface area contributed by atoms with E-state index in [-0.39, 0.29) is 0 Å². The lowest BCUT2D eigenvalue weighted by Crippen LogP contribution is -2.12. The zero-order chi connectivity index (χ0) is 12.8. The Balaban J connectivity index is 2.60. The van der Waals surface area contributed by atoms with E-state index in [2.05, 4.69) is 41.8 Å². The minimum Gasteiger partial charge on any atom is -0.386 e. The first kappa shape index (κ1) is 15.1. The van der Waals surface area contributed by atoms with Crippen LogP contribution in [0.1, 0.15) is 39.0 Å². The van der Waals surface area contributed by atoms with Crippen LogP contribution >= 0.6 is 27.7 Å². The standard InChI is InChI=1S/C12H21BrN2OS/c1-4-5-15-12(10(13)6-14-15)11(16)8-17-7-9(2)3/h6,9,11,16H,4-5,7-8H2,1-3H3. The number of aryl methyl sites for hydroxylation is 1. The van der Waals surface area contributed by atoms with Crippen LogP contribution in [0.5, 0.6) is 0 Å². The molecule has 3 nitrogen and oxygen atoms in total. The lowest BCUT2D eigenvalue weighted by atomic mass is 10.3. The molecule has 5 heteroatoms. The van der Waals surface area contributed by atoms with Gasteiger partial charge in [0.25, 0.3) is 0 Å². The van der Waals surface area contributed by atoms with Crippen molar-refractivity contribution in [2.75, 3.05) is 11.5 Å². The predicted octanol–water partition coefficient (Wildman–Crippen LogP) is 3.48. The first-order valence-electron chi connectivity index (χ1n) is 6.03. The van der Waals surface area contributed by atoms with Crippen molar-refractivity contribution in [3.63, 3.8) is 0 Å². The van der Waals surface area contributed by atoms with Crippen molar-refractivity contribution in [3.05, 3.63) is 16.4 Å². The molecule has 0 fully saturated rings. The quantitative estimate of drug-likeness (QED) is 0.835. The molecule has 1 N–H and O–H groups in total. The fourth-order valence-electron chi connectivity index (χ4n) is 1.59. The van der Waals surface area contributed by atoms with Gasteiger partial charge in [-0.1, -0.05) is 20.8 Å². The molecule has 98 valence electrons. The van der Waals surface area contributed by atoms with Crippen molar-refractivity contribution in [3.8, 4) is 0 Å². The molecule has 17 heavy (non-hydrogen) atoms. The molecule has 0 saturated heterocycles. The summed E-state index contributed by atoms with van der Waals surface area (Å²) in [5, 5.41) is 14.5. The molecule has 1 aromatic heterocycles. The summed E-state index contributed by atoms with van der Waals surface area (Å²) in [6.07, 6.45) is 2.34. The second-order valence-electron chi connectivity index (χ2n) is 4.55. The fraction of sp³-hybridized carbons (Fsp3) is 0.750. The van der Waals surface area contributed by atoms with Crippen LogP contribution in [0.25, 0.3) is 0 Å². The summed E-state index contributed by atoms with van der Waals surface area (Å²) >= 11 is 5.25. The van der Waals surface area contributed by atoms with Crippen LogP contribution in [0.4, 0.5) is 0 Å². The molecule has 1 rings (SSSR count). The maximum Gasteiger partial charge on any atom is 0.106 e. The Morgan fingerprint density at radius 3 is 2.76 bits per heavy atom. The number of rotatable bonds is 7. The van der Waals surface area contributed by atoms with E-state index in [4.69, 9.17) is 0 Å². The minimum atomic E-state index is -0.442. The van der Waals surface area contributed by atoms with Crippen molar-refractivity contribution in [2.24, 2.45) is 5.92 Å². The second kappa shape index (κ2) is 7.44. The van der Waals surface area contributed by atoms with Gasteiger partial charge in [0.2, 0.25) is 0 Å². The van der Waals surface area contributed by atoms with E-state index >= 15 is 0 Å². The lowest BCUT2D eigenvalue weighted by Gasteiger charge is -2.14. The third-order valence-electron chi connectivity index (χ3n) is 2.31. The summed E-state index contributed by atoms with van der Waals surface area (Å²) < 4.78 is 2.80. The molecule has 0 saturated carbocycles. The Hall–Kier alpha value is -0.0000000000000000555. The van der Waals surface area contributed by atoms with Crippen molar-refractivity contribution >= 4 is 27.7 Å². The van der Waals surface area contributed by atoms with Gasteiger partial charge in [-0.3, -0.25) is 4.68 Å². The van der Waals surface area contributed by atoms with Gasteiger partial charge in [0.05, 0.1) is 16.4 Å². The summed E-state index contributed by atoms with van der Waals surface area (Å²) in [4.78, 5) is 0. The van der Waals surface area contributed by atoms with E-state index in [9.17, 15) is 5.11 Å². The zero-order valence-electron chi connectivity index (χ0n) is 10.7. The highest BCUT2D eigenvalue weighted by molar-refractivity contribution is 9.10. The minimum absolute atomic E-state index is 0.442. The van der Waals surface area contributed by atoms with Gasteiger partial charge in [0.1, 0.15) is 6.10 Å². The smallest absolute Gasteiger partial charge is 0.106 e. The predicted molar refractivity (Wildman–Crippen MR) is 77.3 cm³/mol. The number of aromatic nitrogens is 2. The Morgan fingerprint density at radius 2 is 2.18 bits per heavy atom. The van der Waals surface area contributed by atoms with Gasteiger partial charge >= 0.3 is 0 Å². The van der Waals surface area contributed by atoms with Crippen molar-refractivity contribution in [1.82, 2.24) is 9.78 Å². The molecule has 0 aliphatic carbocycles. The van der Waals surface area contributed by atoms with Gasteiger partial charge in [0.15, 0.2) is 0 Å². The Kier molecular flexibility index (Phi) is 6.59. The van der Waals surface area contributed by atoms with E-state index < -0.39 is 6.10 Å². The van der Waals surface area contributed by atoms with Gasteiger partial charge in [-0.05, 0) is 34.0 Å². The van der Waals surface area contributed by atoms with Gasteiger partial charge < -0.3 is 5.11 Å². The molecule has 0 amide bonds. The van der Waals surface area contributed by atoms with Crippen LogP contribution in [0.15, 0.2) is 10.7 Å². The van der Waals surface area contributed by atoms with Crippen molar-refractivity contribution in [2.45, 2.75) is 39.8 Å². The number of halogens is 1. The van der Waals surface area contributed by atoms with Crippen LogP contribution in [0, 0.1) is 5.92 Å². The van der Waals surface area contributed by atoms with Crippen LogP contribution in [-0.2, 0) is 6.54 Å². The summed E-state index contributed by atoms with van der Waals surface area (Å²) in [6.45, 7) is 7.35. The Bertz CT molecular complexity index is 341. The van der Waals surface area contributed by atoms with E-state index in [1.54, 1.807) is 18.0 Å². The molecule has 0 bridgehead atoms. The topological polar surface area (TPSA) is 38.0 Å². The molecule has 1 atom stereocenters. The highest BCUT2D eigenvalue weighted by Crippen LogP contribution is 2.26. The summed E-state index contributed by atoms with van der Waals surface area (Å²) in [5.74, 6) is 2.47. The average Bonchev–Trinajstić information content (AvgIpc) is 2.60. The number of hydrogen-bond acceptors (Lipinski definition) is 3. The van der Waals surface area contributed by atoms with Gasteiger partial charge in [-0.25, -0.2) is 0 Å². The maximum absolute atomic E-state index is 10.2. The van der Waals surface area contributed by atoms with Crippen LogP contribution in [0.2, 0.25) is 0 Å². The third kappa shape index (κ3) is 4.64. The Morgan fingerprint density at radius 1 is 1.47 bits per heavy atom. The van der Waals surface area contributed by atoms with E-state index in [1.165, 1.54) is 0 Å². The van der Waals surface area contributed by atoms with Gasteiger partial charge in [-0.15, -0.1) is 0 Å². The molecule has 0 aliphatic heterocycles. The monoisotopic (exact) mass is 320 g/mol. The fourth-order valence-corrected chi connectivity index (χ4v) is 3.14. The van der Waals surface area contributed by atoms with E-state index in [0.717, 1.165) is 34.6 Å². The third-order valence-corrected chi connectivity index (χ3v) is 4.38. The highest BCUT2D eigenvalue weighted by Gasteiger charge is 2.17. The first-order valence-corrected chi connectivity index (χ1v) is 7.98. The molecule has 0 aromatic carbocycles. The molecular weight excluding hydrogens is 300 g/mol. The van der Waals surface area contributed by atoms with Crippen LogP contribution < -0.4 is 0 Å². The average molecular weight is 321 g/mol. The number of thioether (sulfide) groups is 1. The number of aliphatic hydroxyl groups excluding tert-OH is 1. The van der Waals surface area contributed by atoms with E-state index in [0.29, 0.717) is 5.92 Å². The van der Waals surface area contributed by atoms with Crippen LogP contribution in [-0.4, -0.2) is 26.4 Å². The number of nitrogens with zero attached hydrogens (tertiary/aromatic N) is 2. The summed E-state index contributed by atoms with van der Waals surface area (Å²) in [7, 11) is 0. The lowest BCUT2D eigenvalue weighted by molar-refractivity contribution is 0.190. The largest absolute Gasteiger partial charge is 0.386 e. The molecule has 0 spiro atoms. The van der Waals surface area contributed by atoms with Crippen LogP contribution in [0.3, 0.4) is 0 Å². The molecule has 1 unspecified atom stereocenters. The molecule has 0 aliphatic rings. The van der Waals surface area contributed by atoms with E-state index in [1.807, 2.05) is 4.68 Å². The van der Waals surface area contributed by atoms with Gasteiger partial charge in [0, 0.05) is 12.3 Å². The number of aliphatic hydroxyl groups is 1. The maximum atomic E-state index is 10.2. The first-order chi connectivity index (χ1) is 8.06. The molecular formula is C12H21BrN2OS. The highest BCUT2D eigenvalue weighted by atomic mass is 79.9. The molecule has 0 radical (unpaired) electrons. The summed E-state index contributed by atoms with van der Waals surface area (Å²) in [6, 6.07) is 0. The SMILES string of the molecule is CCCn1ncc(Br)c1C(O)CSCC(C)C. The molecule has 1 aromatic rings. The Labute approximate surface area is 116 Å². The zero-order valence-corrected chi connectivity index (χ0v) is 13.1. The summed E-state index contributed by atoms with van der Waals surface area (Å²) in [5.41, 5.74) is 0.906. The molecule has 1 heterocycles. The second-order valence-corrected chi connectivity index (χ2v) is 6.48.